The SMILES string of the molecule is CC(C)C1C2CNC2CC(=O)N1C. The molecule has 2 fully saturated rings. The Morgan fingerprint density at radius 3 is 2.69 bits per heavy atom. The highest BCUT2D eigenvalue weighted by atomic mass is 16.2. The van der Waals surface area contributed by atoms with E-state index in [1.54, 1.807) is 0 Å². The molecule has 1 amide bonds. The highest BCUT2D eigenvalue weighted by Crippen LogP contribution is 2.33. The van der Waals surface area contributed by atoms with E-state index in [4.69, 9.17) is 0 Å². The van der Waals surface area contributed by atoms with Gasteiger partial charge in [0.15, 0.2) is 0 Å². The van der Waals surface area contributed by atoms with Crippen molar-refractivity contribution in [2.45, 2.75) is 32.4 Å². The molecule has 0 aromatic rings. The van der Waals surface area contributed by atoms with Gasteiger partial charge in [-0.1, -0.05) is 13.8 Å². The summed E-state index contributed by atoms with van der Waals surface area (Å²) in [7, 11) is 1.95. The van der Waals surface area contributed by atoms with Crippen LogP contribution in [-0.2, 0) is 4.79 Å². The number of hydrogen-bond acceptors (Lipinski definition) is 2. The van der Waals surface area contributed by atoms with Crippen molar-refractivity contribution in [3.8, 4) is 0 Å². The van der Waals surface area contributed by atoms with Crippen molar-refractivity contribution >= 4 is 5.91 Å². The molecular formula is C10H18N2O. The quantitative estimate of drug-likeness (QED) is 0.639. The zero-order chi connectivity index (χ0) is 9.59. The van der Waals surface area contributed by atoms with Crippen LogP contribution in [-0.4, -0.2) is 36.5 Å². The van der Waals surface area contributed by atoms with Gasteiger partial charge in [0.25, 0.3) is 0 Å². The number of rotatable bonds is 1. The average Bonchev–Trinajstić information content (AvgIpc) is 2.03. The Bertz CT molecular complexity index is 227. The number of hydrogen-bond donors (Lipinski definition) is 1. The van der Waals surface area contributed by atoms with Crippen molar-refractivity contribution in [3.05, 3.63) is 0 Å². The first-order valence-electron chi connectivity index (χ1n) is 5.10. The topological polar surface area (TPSA) is 32.3 Å². The van der Waals surface area contributed by atoms with Crippen molar-refractivity contribution < 1.29 is 4.79 Å². The largest absolute Gasteiger partial charge is 0.342 e. The van der Waals surface area contributed by atoms with Crippen LogP contribution in [0.2, 0.25) is 0 Å². The van der Waals surface area contributed by atoms with Crippen molar-refractivity contribution in [3.63, 3.8) is 0 Å². The van der Waals surface area contributed by atoms with E-state index in [1.165, 1.54) is 0 Å². The van der Waals surface area contributed by atoms with Gasteiger partial charge in [0.2, 0.25) is 5.91 Å². The van der Waals surface area contributed by atoms with Crippen molar-refractivity contribution in [2.75, 3.05) is 13.6 Å². The fourth-order valence-electron chi connectivity index (χ4n) is 2.73. The van der Waals surface area contributed by atoms with Crippen LogP contribution in [0.3, 0.4) is 0 Å². The molecule has 2 saturated heterocycles. The molecule has 0 bridgehead atoms. The fourth-order valence-corrected chi connectivity index (χ4v) is 2.73. The van der Waals surface area contributed by atoms with Crippen molar-refractivity contribution in [1.29, 1.82) is 0 Å². The lowest BCUT2D eigenvalue weighted by atomic mass is 9.74. The summed E-state index contributed by atoms with van der Waals surface area (Å²) in [6.45, 7) is 5.50. The van der Waals surface area contributed by atoms with E-state index in [-0.39, 0.29) is 0 Å². The molecule has 13 heavy (non-hydrogen) atoms. The molecule has 0 saturated carbocycles. The number of piperidine rings is 1. The van der Waals surface area contributed by atoms with Gasteiger partial charge in [-0.2, -0.15) is 0 Å². The van der Waals surface area contributed by atoms with E-state index < -0.39 is 0 Å². The summed E-state index contributed by atoms with van der Waals surface area (Å²) in [5.74, 6) is 1.57. The average molecular weight is 182 g/mol. The lowest BCUT2D eigenvalue weighted by Crippen LogP contribution is -2.67. The van der Waals surface area contributed by atoms with E-state index in [0.717, 1.165) is 6.54 Å². The lowest BCUT2D eigenvalue weighted by Gasteiger charge is -2.52. The lowest BCUT2D eigenvalue weighted by molar-refractivity contribution is -0.143. The zero-order valence-electron chi connectivity index (χ0n) is 8.58. The molecule has 0 spiro atoms. The predicted molar refractivity (Wildman–Crippen MR) is 51.3 cm³/mol. The zero-order valence-corrected chi connectivity index (χ0v) is 8.58. The van der Waals surface area contributed by atoms with Crippen LogP contribution in [0, 0.1) is 11.8 Å². The minimum Gasteiger partial charge on any atom is -0.342 e. The highest BCUT2D eigenvalue weighted by molar-refractivity contribution is 5.78. The van der Waals surface area contributed by atoms with Crippen LogP contribution in [0.1, 0.15) is 20.3 Å². The molecule has 2 heterocycles. The van der Waals surface area contributed by atoms with E-state index in [9.17, 15) is 4.79 Å². The van der Waals surface area contributed by atoms with Gasteiger partial charge in [-0.25, -0.2) is 0 Å². The molecule has 2 aliphatic rings. The van der Waals surface area contributed by atoms with Gasteiger partial charge in [-0.15, -0.1) is 0 Å². The second-order valence-electron chi connectivity index (χ2n) is 4.62. The predicted octanol–water partition coefficient (Wildman–Crippen LogP) is 0.461. The van der Waals surface area contributed by atoms with Crippen molar-refractivity contribution in [2.24, 2.45) is 11.8 Å². The van der Waals surface area contributed by atoms with Gasteiger partial charge in [0, 0.05) is 38.0 Å². The molecule has 3 atom stereocenters. The maximum Gasteiger partial charge on any atom is 0.224 e. The fraction of sp³-hybridized carbons (Fsp3) is 0.900. The molecule has 1 N–H and O–H groups in total. The molecule has 0 radical (unpaired) electrons. The first-order valence-corrected chi connectivity index (χ1v) is 5.10. The summed E-state index contributed by atoms with van der Waals surface area (Å²) in [6, 6.07) is 0.920. The van der Waals surface area contributed by atoms with Crippen LogP contribution in [0.25, 0.3) is 0 Å². The molecule has 3 nitrogen and oxygen atoms in total. The van der Waals surface area contributed by atoms with E-state index in [1.807, 2.05) is 11.9 Å². The number of amides is 1. The summed E-state index contributed by atoms with van der Waals surface area (Å²) < 4.78 is 0. The summed E-state index contributed by atoms with van der Waals surface area (Å²) in [5, 5.41) is 3.34. The van der Waals surface area contributed by atoms with Gasteiger partial charge < -0.3 is 10.2 Å². The summed E-state index contributed by atoms with van der Waals surface area (Å²) in [6.07, 6.45) is 0.699. The van der Waals surface area contributed by atoms with E-state index in [0.29, 0.717) is 36.2 Å². The summed E-state index contributed by atoms with van der Waals surface area (Å²) in [5.41, 5.74) is 0. The van der Waals surface area contributed by atoms with Gasteiger partial charge in [0.1, 0.15) is 0 Å². The second kappa shape index (κ2) is 2.98. The number of carbonyl (C=O) groups is 1. The molecule has 0 aromatic heterocycles. The first-order chi connectivity index (χ1) is 6.11. The Labute approximate surface area is 79.5 Å². The number of carbonyl (C=O) groups excluding carboxylic acids is 1. The third kappa shape index (κ3) is 1.26. The summed E-state index contributed by atoms with van der Waals surface area (Å²) >= 11 is 0. The Kier molecular flexibility index (Phi) is 2.06. The molecule has 3 heteroatoms. The van der Waals surface area contributed by atoms with Crippen LogP contribution in [0.5, 0.6) is 0 Å². The van der Waals surface area contributed by atoms with Gasteiger partial charge in [-0.3, -0.25) is 4.79 Å². The van der Waals surface area contributed by atoms with Gasteiger partial charge >= 0.3 is 0 Å². The van der Waals surface area contributed by atoms with Gasteiger partial charge in [0.05, 0.1) is 0 Å². The minimum atomic E-state index is 0.298. The molecule has 0 aliphatic carbocycles. The number of nitrogens with one attached hydrogen (secondary N) is 1. The van der Waals surface area contributed by atoms with Crippen LogP contribution in [0.4, 0.5) is 0 Å². The maximum absolute atomic E-state index is 11.6. The first kappa shape index (κ1) is 9.00. The molecule has 74 valence electrons. The molecule has 3 unspecified atom stereocenters. The molecule has 0 aromatic carbocycles. The minimum absolute atomic E-state index is 0.298. The van der Waals surface area contributed by atoms with Crippen LogP contribution >= 0.6 is 0 Å². The normalized spacial score (nSPS) is 38.9. The van der Waals surface area contributed by atoms with E-state index >= 15 is 0 Å². The Morgan fingerprint density at radius 2 is 2.23 bits per heavy atom. The highest BCUT2D eigenvalue weighted by Gasteiger charge is 2.46. The number of likely N-dealkylation sites (tertiary alicyclic amines) is 1. The number of fused-ring (bicyclic) bond motifs is 1. The van der Waals surface area contributed by atoms with E-state index in [2.05, 4.69) is 19.2 Å². The van der Waals surface area contributed by atoms with Crippen molar-refractivity contribution in [1.82, 2.24) is 10.2 Å². The third-order valence-corrected chi connectivity index (χ3v) is 3.49. The second-order valence-corrected chi connectivity index (χ2v) is 4.62. The maximum atomic E-state index is 11.6. The standard InChI is InChI=1S/C10H18N2O/c1-6(2)10-7-5-11-8(7)4-9(13)12(10)3/h6-8,10-11H,4-5H2,1-3H3. The third-order valence-electron chi connectivity index (χ3n) is 3.49. The Balaban J connectivity index is 2.16. The molecule has 2 aliphatic heterocycles. The Morgan fingerprint density at radius 1 is 1.54 bits per heavy atom. The van der Waals surface area contributed by atoms with Gasteiger partial charge in [-0.05, 0) is 5.92 Å². The van der Waals surface area contributed by atoms with Crippen LogP contribution in [0.15, 0.2) is 0 Å². The van der Waals surface area contributed by atoms with Crippen LogP contribution < -0.4 is 5.32 Å². The summed E-state index contributed by atoms with van der Waals surface area (Å²) in [4.78, 5) is 13.5. The Hall–Kier alpha value is -0.570. The molecule has 2 rings (SSSR count). The monoisotopic (exact) mass is 182 g/mol. The number of nitrogens with zero attached hydrogens (tertiary/aromatic N) is 1. The smallest absolute Gasteiger partial charge is 0.224 e. The molecular weight excluding hydrogens is 164 g/mol.